The highest BCUT2D eigenvalue weighted by molar-refractivity contribution is 7.89. The normalized spacial score (nSPS) is 31.8. The van der Waals surface area contributed by atoms with Crippen molar-refractivity contribution in [3.05, 3.63) is 6.42 Å². The van der Waals surface area contributed by atoms with Crippen molar-refractivity contribution in [1.29, 1.82) is 0 Å². The van der Waals surface area contributed by atoms with E-state index in [-0.39, 0.29) is 0 Å². The van der Waals surface area contributed by atoms with Crippen LogP contribution in [0.2, 0.25) is 0 Å². The summed E-state index contributed by atoms with van der Waals surface area (Å²) in [4.78, 5) is 0. The van der Waals surface area contributed by atoms with Crippen LogP contribution in [0.25, 0.3) is 0 Å². The van der Waals surface area contributed by atoms with Crippen LogP contribution in [-0.4, -0.2) is 44.7 Å². The molecule has 1 heterocycles. The minimum absolute atomic E-state index is 0.310. The Labute approximate surface area is 117 Å². The monoisotopic (exact) mass is 285 g/mol. The molecular formula is C14H25N2O2S. The van der Waals surface area contributed by atoms with Gasteiger partial charge in [0.1, 0.15) is 0 Å². The molecule has 1 radical (unpaired) electrons. The summed E-state index contributed by atoms with van der Waals surface area (Å²) in [5.41, 5.74) is 0. The molecule has 2 aliphatic carbocycles. The Bertz CT molecular complexity index is 394. The molecule has 0 aromatic rings. The molecule has 0 bridgehead atoms. The summed E-state index contributed by atoms with van der Waals surface area (Å²) in [5.74, 6) is 2.27. The van der Waals surface area contributed by atoms with Crippen LogP contribution in [-0.2, 0) is 10.0 Å². The highest BCUT2D eigenvalue weighted by Crippen LogP contribution is 2.44. The topological polar surface area (TPSA) is 49.4 Å². The third-order valence-electron chi connectivity index (χ3n) is 4.79. The van der Waals surface area contributed by atoms with Crippen LogP contribution in [0.5, 0.6) is 0 Å². The van der Waals surface area contributed by atoms with Crippen LogP contribution in [0.3, 0.4) is 0 Å². The quantitative estimate of drug-likeness (QED) is 0.716. The van der Waals surface area contributed by atoms with Gasteiger partial charge in [-0.05, 0) is 56.5 Å². The SMILES string of the molecule is O=S(=O)(CCCNCC1CCCC1)N1C[C@H]2[CH][C@H]2C1. The number of rotatable bonds is 7. The molecule has 2 atom stereocenters. The van der Waals surface area contributed by atoms with Gasteiger partial charge in [0, 0.05) is 13.1 Å². The van der Waals surface area contributed by atoms with E-state index >= 15 is 0 Å². The Kier molecular flexibility index (Phi) is 4.15. The largest absolute Gasteiger partial charge is 0.316 e. The summed E-state index contributed by atoms with van der Waals surface area (Å²) in [6.07, 6.45) is 8.43. The molecule has 1 aliphatic heterocycles. The fourth-order valence-corrected chi connectivity index (χ4v) is 5.01. The Morgan fingerprint density at radius 3 is 2.53 bits per heavy atom. The number of piperidine rings is 1. The molecular weight excluding hydrogens is 260 g/mol. The molecule has 1 N–H and O–H groups in total. The van der Waals surface area contributed by atoms with Gasteiger partial charge in [0.05, 0.1) is 5.75 Å². The third kappa shape index (κ3) is 3.50. The molecule has 5 heteroatoms. The Morgan fingerprint density at radius 1 is 1.16 bits per heavy atom. The van der Waals surface area contributed by atoms with Gasteiger partial charge in [0.2, 0.25) is 10.0 Å². The fourth-order valence-electron chi connectivity index (χ4n) is 3.45. The second-order valence-electron chi connectivity index (χ2n) is 6.36. The average Bonchev–Trinajstić information content (AvgIpc) is 2.84. The molecule has 4 nitrogen and oxygen atoms in total. The van der Waals surface area contributed by atoms with Gasteiger partial charge < -0.3 is 5.32 Å². The van der Waals surface area contributed by atoms with Crippen molar-refractivity contribution in [3.63, 3.8) is 0 Å². The van der Waals surface area contributed by atoms with E-state index in [1.807, 2.05) is 0 Å². The maximum absolute atomic E-state index is 12.1. The van der Waals surface area contributed by atoms with Crippen LogP contribution >= 0.6 is 0 Å². The van der Waals surface area contributed by atoms with Crippen LogP contribution in [0.15, 0.2) is 0 Å². The van der Waals surface area contributed by atoms with Gasteiger partial charge in [-0.3, -0.25) is 0 Å². The molecule has 3 aliphatic rings. The fraction of sp³-hybridized carbons (Fsp3) is 0.929. The first kappa shape index (κ1) is 13.8. The Morgan fingerprint density at radius 2 is 1.84 bits per heavy atom. The van der Waals surface area contributed by atoms with Gasteiger partial charge in [-0.25, -0.2) is 12.7 Å². The minimum Gasteiger partial charge on any atom is -0.316 e. The first-order valence-corrected chi connectivity index (χ1v) is 9.29. The summed E-state index contributed by atoms with van der Waals surface area (Å²) >= 11 is 0. The van der Waals surface area contributed by atoms with Crippen molar-refractivity contribution < 1.29 is 8.42 Å². The van der Waals surface area contributed by atoms with E-state index in [0.717, 1.165) is 38.5 Å². The number of fused-ring (bicyclic) bond motifs is 1. The molecule has 3 fully saturated rings. The van der Waals surface area contributed by atoms with E-state index in [1.165, 1.54) is 25.7 Å². The zero-order chi connectivity index (χ0) is 13.3. The lowest BCUT2D eigenvalue weighted by Gasteiger charge is -2.18. The molecule has 0 amide bonds. The minimum atomic E-state index is -2.99. The third-order valence-corrected chi connectivity index (χ3v) is 6.68. The van der Waals surface area contributed by atoms with Gasteiger partial charge in [-0.2, -0.15) is 0 Å². The number of hydrogen-bond donors (Lipinski definition) is 1. The van der Waals surface area contributed by atoms with Crippen LogP contribution in [0, 0.1) is 24.2 Å². The zero-order valence-corrected chi connectivity index (χ0v) is 12.4. The predicted molar refractivity (Wildman–Crippen MR) is 76.1 cm³/mol. The summed E-state index contributed by atoms with van der Waals surface area (Å²) < 4.78 is 25.9. The predicted octanol–water partition coefficient (Wildman–Crippen LogP) is 1.25. The summed E-state index contributed by atoms with van der Waals surface area (Å²) in [6.45, 7) is 3.39. The van der Waals surface area contributed by atoms with E-state index < -0.39 is 10.0 Å². The lowest BCUT2D eigenvalue weighted by Crippen LogP contribution is -2.33. The van der Waals surface area contributed by atoms with Gasteiger partial charge in [-0.15, -0.1) is 0 Å². The molecule has 109 valence electrons. The first-order valence-electron chi connectivity index (χ1n) is 7.69. The van der Waals surface area contributed by atoms with Gasteiger partial charge >= 0.3 is 0 Å². The number of hydrogen-bond acceptors (Lipinski definition) is 3. The van der Waals surface area contributed by atoms with E-state index in [2.05, 4.69) is 11.7 Å². The highest BCUT2D eigenvalue weighted by Gasteiger charge is 2.48. The standard InChI is InChI=1S/C14H25N2O2S/c17-19(18,16-10-13-8-14(13)11-16)7-3-6-15-9-12-4-1-2-5-12/h8,12-15H,1-7,9-11H2/t13-,14+. The molecule has 0 unspecified atom stereocenters. The first-order chi connectivity index (χ1) is 9.15. The van der Waals surface area contributed by atoms with E-state index in [9.17, 15) is 8.42 Å². The van der Waals surface area contributed by atoms with Gasteiger partial charge in [-0.1, -0.05) is 12.8 Å². The molecule has 1 saturated heterocycles. The lowest BCUT2D eigenvalue weighted by molar-refractivity contribution is 0.450. The van der Waals surface area contributed by atoms with Gasteiger partial charge in [0.25, 0.3) is 0 Å². The number of nitrogens with one attached hydrogen (secondary N) is 1. The summed E-state index contributed by atoms with van der Waals surface area (Å²) in [5, 5.41) is 3.42. The Hall–Kier alpha value is -0.130. The lowest BCUT2D eigenvalue weighted by atomic mass is 10.1. The maximum atomic E-state index is 12.1. The summed E-state index contributed by atoms with van der Waals surface area (Å²) in [7, 11) is -2.99. The second-order valence-corrected chi connectivity index (χ2v) is 8.45. The summed E-state index contributed by atoms with van der Waals surface area (Å²) in [6, 6.07) is 0. The van der Waals surface area contributed by atoms with E-state index in [4.69, 9.17) is 0 Å². The molecule has 2 saturated carbocycles. The average molecular weight is 285 g/mol. The van der Waals surface area contributed by atoms with Crippen molar-refractivity contribution in [3.8, 4) is 0 Å². The molecule has 19 heavy (non-hydrogen) atoms. The van der Waals surface area contributed by atoms with Gasteiger partial charge in [0.15, 0.2) is 0 Å². The Balaban J connectivity index is 1.30. The molecule has 0 aromatic carbocycles. The number of nitrogens with zero attached hydrogens (tertiary/aromatic N) is 1. The van der Waals surface area contributed by atoms with E-state index in [1.54, 1.807) is 4.31 Å². The second kappa shape index (κ2) is 5.70. The van der Waals surface area contributed by atoms with Crippen molar-refractivity contribution in [1.82, 2.24) is 9.62 Å². The smallest absolute Gasteiger partial charge is 0.214 e. The molecule has 0 aromatic heterocycles. The van der Waals surface area contributed by atoms with Crippen molar-refractivity contribution >= 4 is 10.0 Å². The van der Waals surface area contributed by atoms with Crippen molar-refractivity contribution in [2.45, 2.75) is 32.1 Å². The van der Waals surface area contributed by atoms with Crippen LogP contribution < -0.4 is 5.32 Å². The van der Waals surface area contributed by atoms with E-state index in [0.29, 0.717) is 17.6 Å². The number of sulfonamides is 1. The molecule has 0 spiro atoms. The van der Waals surface area contributed by atoms with Crippen LogP contribution in [0.4, 0.5) is 0 Å². The highest BCUT2D eigenvalue weighted by atomic mass is 32.2. The van der Waals surface area contributed by atoms with Crippen molar-refractivity contribution in [2.75, 3.05) is 31.9 Å². The zero-order valence-electron chi connectivity index (χ0n) is 11.6. The molecule has 3 rings (SSSR count). The van der Waals surface area contributed by atoms with Crippen molar-refractivity contribution in [2.24, 2.45) is 17.8 Å². The van der Waals surface area contributed by atoms with Crippen LogP contribution in [0.1, 0.15) is 32.1 Å². The maximum Gasteiger partial charge on any atom is 0.214 e.